The number of nitrogens with zero attached hydrogens (tertiary/aromatic N) is 2. The molecule has 0 radical (unpaired) electrons. The molecule has 2 aliphatic heterocycles. The van der Waals surface area contributed by atoms with Crippen molar-refractivity contribution in [1.82, 2.24) is 9.80 Å². The fourth-order valence-electron chi connectivity index (χ4n) is 7.92. The Bertz CT molecular complexity index is 871. The molecule has 4 aliphatic rings. The van der Waals surface area contributed by atoms with E-state index in [9.17, 15) is 0 Å². The number of fused-ring (bicyclic) bond motifs is 4. The standard InChI is InChI=1S/C30H40N2/c1-2-7-28(31-20-16-29(17-21-31)14-12-24-8-3-5-10-26(24)29)32-22-18-30(19-23-32)15-13-25-9-4-6-11-27(25)30/h3-6,8-11,28H,2,7,12-23H2,1H3. The largest absolute Gasteiger partial charge is 0.288 e. The van der Waals surface area contributed by atoms with Crippen LogP contribution in [0.5, 0.6) is 0 Å². The number of hydrogen-bond donors (Lipinski definition) is 0. The van der Waals surface area contributed by atoms with Crippen molar-refractivity contribution in [3.05, 3.63) is 70.8 Å². The van der Waals surface area contributed by atoms with Gasteiger partial charge in [0.25, 0.3) is 0 Å². The lowest BCUT2D eigenvalue weighted by molar-refractivity contribution is -0.0144. The van der Waals surface area contributed by atoms with Crippen LogP contribution in [0.15, 0.2) is 48.5 Å². The van der Waals surface area contributed by atoms with Crippen molar-refractivity contribution in [2.75, 3.05) is 26.2 Å². The number of aryl methyl sites for hydroxylation is 2. The fraction of sp³-hybridized carbons (Fsp3) is 0.600. The monoisotopic (exact) mass is 428 g/mol. The molecule has 6 rings (SSSR count). The van der Waals surface area contributed by atoms with Gasteiger partial charge >= 0.3 is 0 Å². The Morgan fingerprint density at radius 1 is 0.656 bits per heavy atom. The molecule has 0 N–H and O–H groups in total. The van der Waals surface area contributed by atoms with Crippen molar-refractivity contribution >= 4 is 0 Å². The lowest BCUT2D eigenvalue weighted by Gasteiger charge is -2.49. The lowest BCUT2D eigenvalue weighted by atomic mass is 9.73. The van der Waals surface area contributed by atoms with Crippen LogP contribution in [0.25, 0.3) is 0 Å². The fourth-order valence-corrected chi connectivity index (χ4v) is 7.92. The summed E-state index contributed by atoms with van der Waals surface area (Å²) in [6, 6.07) is 18.6. The van der Waals surface area contributed by atoms with E-state index in [-0.39, 0.29) is 0 Å². The molecule has 2 spiro atoms. The lowest BCUT2D eigenvalue weighted by Crippen LogP contribution is -2.56. The van der Waals surface area contributed by atoms with Gasteiger partial charge in [0.1, 0.15) is 0 Å². The van der Waals surface area contributed by atoms with E-state index < -0.39 is 0 Å². The van der Waals surface area contributed by atoms with E-state index >= 15 is 0 Å². The molecule has 0 bridgehead atoms. The Morgan fingerprint density at radius 3 is 1.53 bits per heavy atom. The third kappa shape index (κ3) is 3.37. The predicted octanol–water partition coefficient (Wildman–Crippen LogP) is 6.07. The maximum atomic E-state index is 2.87. The molecule has 2 fully saturated rings. The summed E-state index contributed by atoms with van der Waals surface area (Å²) in [6.07, 6.45) is 14.0. The van der Waals surface area contributed by atoms with Crippen LogP contribution in [0.3, 0.4) is 0 Å². The van der Waals surface area contributed by atoms with Gasteiger partial charge in [0.15, 0.2) is 0 Å². The van der Waals surface area contributed by atoms with Gasteiger partial charge in [-0.1, -0.05) is 61.9 Å². The highest BCUT2D eigenvalue weighted by atomic mass is 15.4. The van der Waals surface area contributed by atoms with Crippen molar-refractivity contribution < 1.29 is 0 Å². The van der Waals surface area contributed by atoms with Gasteiger partial charge in [-0.2, -0.15) is 0 Å². The van der Waals surface area contributed by atoms with Gasteiger partial charge in [0.05, 0.1) is 6.17 Å². The van der Waals surface area contributed by atoms with E-state index in [4.69, 9.17) is 0 Å². The van der Waals surface area contributed by atoms with E-state index in [1.807, 2.05) is 0 Å². The Balaban J connectivity index is 1.14. The topological polar surface area (TPSA) is 6.48 Å². The Hall–Kier alpha value is -1.64. The van der Waals surface area contributed by atoms with Gasteiger partial charge in [-0.25, -0.2) is 0 Å². The minimum absolute atomic E-state index is 0.476. The number of piperidine rings is 2. The van der Waals surface area contributed by atoms with Gasteiger partial charge < -0.3 is 0 Å². The Labute approximate surface area is 195 Å². The molecule has 0 amide bonds. The summed E-state index contributed by atoms with van der Waals surface area (Å²) in [7, 11) is 0. The molecule has 170 valence electrons. The summed E-state index contributed by atoms with van der Waals surface area (Å²) < 4.78 is 0. The van der Waals surface area contributed by atoms with E-state index in [0.29, 0.717) is 17.0 Å². The summed E-state index contributed by atoms with van der Waals surface area (Å²) in [6.45, 7) is 7.50. The zero-order valence-corrected chi connectivity index (χ0v) is 20.0. The van der Waals surface area contributed by atoms with Gasteiger partial charge in [0, 0.05) is 26.2 Å². The first-order chi connectivity index (χ1) is 15.7. The number of hydrogen-bond acceptors (Lipinski definition) is 2. The van der Waals surface area contributed by atoms with Crippen LogP contribution in [-0.2, 0) is 23.7 Å². The summed E-state index contributed by atoms with van der Waals surface area (Å²) >= 11 is 0. The average molecular weight is 429 g/mol. The van der Waals surface area contributed by atoms with Crippen LogP contribution in [0.1, 0.15) is 80.5 Å². The van der Waals surface area contributed by atoms with E-state index in [1.165, 1.54) is 90.4 Å². The molecular formula is C30H40N2. The first-order valence-electron chi connectivity index (χ1n) is 13.4. The third-order valence-corrected chi connectivity index (χ3v) is 9.82. The Kier molecular flexibility index (Phi) is 5.42. The summed E-state index contributed by atoms with van der Waals surface area (Å²) in [5.41, 5.74) is 7.58. The van der Waals surface area contributed by atoms with Crippen molar-refractivity contribution in [1.29, 1.82) is 0 Å². The summed E-state index contributed by atoms with van der Waals surface area (Å²) in [5, 5.41) is 0. The number of likely N-dealkylation sites (tertiary alicyclic amines) is 2. The number of rotatable bonds is 4. The molecule has 2 heterocycles. The average Bonchev–Trinajstić information content (AvgIpc) is 3.39. The first-order valence-corrected chi connectivity index (χ1v) is 13.4. The second kappa shape index (κ2) is 8.29. The minimum atomic E-state index is 0.476. The zero-order chi connectivity index (χ0) is 21.6. The maximum absolute atomic E-state index is 2.87. The minimum Gasteiger partial charge on any atom is -0.288 e. The first kappa shape index (κ1) is 20.9. The SMILES string of the molecule is CCCC(N1CCC2(CCc3ccccc32)CC1)N1CCC2(CCc3ccccc32)CC1. The predicted molar refractivity (Wildman–Crippen MR) is 133 cm³/mol. The number of benzene rings is 2. The summed E-state index contributed by atoms with van der Waals surface area (Å²) in [4.78, 5) is 5.74. The van der Waals surface area contributed by atoms with Crippen LogP contribution in [0.2, 0.25) is 0 Å². The molecule has 32 heavy (non-hydrogen) atoms. The highest BCUT2D eigenvalue weighted by Crippen LogP contribution is 2.48. The van der Waals surface area contributed by atoms with E-state index in [0.717, 1.165) is 0 Å². The quantitative estimate of drug-likeness (QED) is 0.583. The van der Waals surface area contributed by atoms with Crippen molar-refractivity contribution in [3.8, 4) is 0 Å². The molecular weight excluding hydrogens is 388 g/mol. The van der Waals surface area contributed by atoms with Crippen LogP contribution >= 0.6 is 0 Å². The highest BCUT2D eigenvalue weighted by molar-refractivity contribution is 5.41. The van der Waals surface area contributed by atoms with Crippen molar-refractivity contribution in [2.24, 2.45) is 0 Å². The Morgan fingerprint density at radius 2 is 1.09 bits per heavy atom. The van der Waals surface area contributed by atoms with Gasteiger partial charge in [0.2, 0.25) is 0 Å². The zero-order valence-electron chi connectivity index (χ0n) is 20.0. The smallest absolute Gasteiger partial charge is 0.0622 e. The molecule has 2 aromatic rings. The molecule has 2 aromatic carbocycles. The molecule has 0 aromatic heterocycles. The normalized spacial score (nSPS) is 24.3. The molecule has 2 saturated heterocycles. The van der Waals surface area contributed by atoms with Crippen LogP contribution in [-0.4, -0.2) is 42.1 Å². The van der Waals surface area contributed by atoms with E-state index in [1.54, 1.807) is 22.3 Å². The second-order valence-corrected chi connectivity index (χ2v) is 11.2. The molecule has 2 nitrogen and oxygen atoms in total. The van der Waals surface area contributed by atoms with E-state index in [2.05, 4.69) is 65.3 Å². The van der Waals surface area contributed by atoms with Crippen molar-refractivity contribution in [2.45, 2.75) is 88.1 Å². The molecule has 2 heteroatoms. The van der Waals surface area contributed by atoms with Crippen LogP contribution in [0.4, 0.5) is 0 Å². The third-order valence-electron chi connectivity index (χ3n) is 9.82. The van der Waals surface area contributed by atoms with Crippen molar-refractivity contribution in [3.63, 3.8) is 0 Å². The molecule has 0 unspecified atom stereocenters. The second-order valence-electron chi connectivity index (χ2n) is 11.2. The molecule has 2 aliphatic carbocycles. The van der Waals surface area contributed by atoms with Gasteiger partial charge in [-0.15, -0.1) is 0 Å². The molecule has 0 atom stereocenters. The highest BCUT2D eigenvalue weighted by Gasteiger charge is 2.45. The maximum Gasteiger partial charge on any atom is 0.0622 e. The summed E-state index contributed by atoms with van der Waals surface area (Å²) in [5.74, 6) is 0. The van der Waals surface area contributed by atoms with Crippen LogP contribution < -0.4 is 0 Å². The molecule has 0 saturated carbocycles. The van der Waals surface area contributed by atoms with Gasteiger partial charge in [-0.05, 0) is 90.9 Å². The van der Waals surface area contributed by atoms with Gasteiger partial charge in [-0.3, -0.25) is 9.80 Å². The van der Waals surface area contributed by atoms with Crippen LogP contribution in [0, 0.1) is 0 Å².